The number of hydrogen-bond donors (Lipinski definition) is 1. The molecule has 1 aromatic heterocycles. The maximum absolute atomic E-state index is 13.9. The summed E-state index contributed by atoms with van der Waals surface area (Å²) in [6.45, 7) is 7.93. The first-order valence-electron chi connectivity index (χ1n) is 13.3. The minimum Gasteiger partial charge on any atom is -0.298 e. The van der Waals surface area contributed by atoms with Gasteiger partial charge in [0.25, 0.3) is 17.7 Å². The van der Waals surface area contributed by atoms with Gasteiger partial charge in [-0.1, -0.05) is 58.4 Å². The van der Waals surface area contributed by atoms with Crippen molar-refractivity contribution in [3.63, 3.8) is 0 Å². The summed E-state index contributed by atoms with van der Waals surface area (Å²) >= 11 is 8.88. The molecule has 1 aliphatic heterocycles. The number of benzene rings is 3. The third kappa shape index (κ3) is 5.57. The number of hydrogen-bond acceptors (Lipinski definition) is 4. The number of aromatic nitrogens is 1. The molecule has 7 nitrogen and oxygen atoms in total. The number of amides is 3. The number of nitrogens with zero attached hydrogens (tertiary/aromatic N) is 3. The van der Waals surface area contributed by atoms with Crippen molar-refractivity contribution < 1.29 is 14.4 Å². The van der Waals surface area contributed by atoms with E-state index >= 15 is 0 Å². The largest absolute Gasteiger partial charge is 0.298 e. The Kier molecular flexibility index (Phi) is 8.24. The summed E-state index contributed by atoms with van der Waals surface area (Å²) in [6, 6.07) is 24.4. The molecule has 0 unspecified atom stereocenters. The summed E-state index contributed by atoms with van der Waals surface area (Å²) in [7, 11) is 0. The van der Waals surface area contributed by atoms with Crippen LogP contribution < -0.4 is 15.2 Å². The van der Waals surface area contributed by atoms with Crippen molar-refractivity contribution in [2.24, 2.45) is 0 Å². The predicted molar refractivity (Wildman–Crippen MR) is 173 cm³/mol. The molecule has 1 saturated heterocycles. The zero-order chi connectivity index (χ0) is 30.1. The van der Waals surface area contributed by atoms with Gasteiger partial charge in [0.15, 0.2) is 5.11 Å². The minimum atomic E-state index is -0.566. The van der Waals surface area contributed by atoms with Crippen LogP contribution in [-0.4, -0.2) is 27.5 Å². The average molecular weight is 642 g/mol. The predicted octanol–water partition coefficient (Wildman–Crippen LogP) is 6.29. The first kappa shape index (κ1) is 29.2. The smallest absolute Gasteiger partial charge is 0.273 e. The van der Waals surface area contributed by atoms with Crippen LogP contribution in [0.5, 0.6) is 0 Å². The number of halogens is 1. The lowest BCUT2D eigenvalue weighted by Gasteiger charge is -2.30. The molecular weight excluding hydrogens is 612 g/mol. The Labute approximate surface area is 258 Å². The van der Waals surface area contributed by atoms with E-state index in [0.29, 0.717) is 29.1 Å². The van der Waals surface area contributed by atoms with Gasteiger partial charge in [-0.05, 0) is 105 Å². The topological polar surface area (TPSA) is 74.7 Å². The van der Waals surface area contributed by atoms with E-state index < -0.39 is 11.8 Å². The van der Waals surface area contributed by atoms with Crippen molar-refractivity contribution in [3.05, 3.63) is 128 Å². The highest BCUT2D eigenvalue weighted by molar-refractivity contribution is 9.10. The maximum atomic E-state index is 13.9. The highest BCUT2D eigenvalue weighted by Crippen LogP contribution is 2.28. The van der Waals surface area contributed by atoms with Gasteiger partial charge in [0.05, 0.1) is 12.2 Å². The Morgan fingerprint density at radius 2 is 1.64 bits per heavy atom. The van der Waals surface area contributed by atoms with E-state index in [4.69, 9.17) is 12.2 Å². The van der Waals surface area contributed by atoms with Crippen LogP contribution in [0.1, 0.15) is 44.0 Å². The number of nitrogens with one attached hydrogen (secondary N) is 1. The average Bonchev–Trinajstić information content (AvgIpc) is 3.25. The molecule has 0 atom stereocenters. The first-order chi connectivity index (χ1) is 20.1. The number of rotatable bonds is 6. The lowest BCUT2D eigenvalue weighted by Crippen LogP contribution is -2.54. The summed E-state index contributed by atoms with van der Waals surface area (Å²) in [6.07, 6.45) is 1.57. The Hall–Kier alpha value is -4.34. The van der Waals surface area contributed by atoms with Crippen LogP contribution in [0.2, 0.25) is 0 Å². The number of thiocarbonyl (C=S) groups is 1. The highest BCUT2D eigenvalue weighted by atomic mass is 79.9. The van der Waals surface area contributed by atoms with E-state index in [1.807, 2.05) is 99.1 Å². The zero-order valence-electron chi connectivity index (χ0n) is 23.6. The zero-order valence-corrected chi connectivity index (χ0v) is 26.0. The Balaban J connectivity index is 1.57. The summed E-state index contributed by atoms with van der Waals surface area (Å²) in [5.74, 6) is -1.25. The molecule has 3 aromatic carbocycles. The number of aryl methyl sites for hydroxylation is 2. The fourth-order valence-corrected chi connectivity index (χ4v) is 5.57. The van der Waals surface area contributed by atoms with E-state index in [0.717, 1.165) is 26.9 Å². The van der Waals surface area contributed by atoms with Crippen molar-refractivity contribution >= 4 is 62.7 Å². The highest BCUT2D eigenvalue weighted by Gasteiger charge is 2.35. The monoisotopic (exact) mass is 640 g/mol. The Morgan fingerprint density at radius 1 is 0.952 bits per heavy atom. The van der Waals surface area contributed by atoms with E-state index in [9.17, 15) is 14.4 Å². The number of carbonyl (C=O) groups is 3. The second-order valence-corrected chi connectivity index (χ2v) is 11.5. The number of carbonyl (C=O) groups excluding carboxylic acids is 3. The Bertz CT molecular complexity index is 1760. The third-order valence-corrected chi connectivity index (χ3v) is 8.21. The van der Waals surface area contributed by atoms with Gasteiger partial charge in [0, 0.05) is 21.4 Å². The minimum absolute atomic E-state index is 0.0375. The molecule has 2 heterocycles. The molecule has 9 heteroatoms. The van der Waals surface area contributed by atoms with E-state index in [1.165, 1.54) is 4.90 Å². The molecule has 42 heavy (non-hydrogen) atoms. The van der Waals surface area contributed by atoms with Gasteiger partial charge >= 0.3 is 0 Å². The van der Waals surface area contributed by atoms with Crippen LogP contribution >= 0.6 is 28.1 Å². The van der Waals surface area contributed by atoms with E-state index in [2.05, 4.69) is 21.2 Å². The maximum Gasteiger partial charge on any atom is 0.273 e. The lowest BCUT2D eigenvalue weighted by atomic mass is 10.0. The van der Waals surface area contributed by atoms with Gasteiger partial charge in [0.2, 0.25) is 0 Å². The van der Waals surface area contributed by atoms with Gasteiger partial charge in [-0.25, -0.2) is 5.01 Å². The molecule has 5 rings (SSSR count). The second-order valence-electron chi connectivity index (χ2n) is 10.2. The fraction of sp³-hybridized carbons (Fsp3) is 0.152. The van der Waals surface area contributed by atoms with Crippen LogP contribution in [0.25, 0.3) is 6.08 Å². The molecule has 0 saturated carbocycles. The lowest BCUT2D eigenvalue weighted by molar-refractivity contribution is -0.122. The Morgan fingerprint density at radius 3 is 2.33 bits per heavy atom. The van der Waals surface area contributed by atoms with Crippen molar-refractivity contribution in [1.82, 2.24) is 9.99 Å². The quantitative estimate of drug-likeness (QED) is 0.153. The fourth-order valence-electron chi connectivity index (χ4n) is 5.03. The standard InChI is InChI=1S/C33H29BrN4O3S/c1-20-9-8-12-29(22(20)3)37-32(41)28(30(39)35-33(37)42)18-26-17-21(2)38(23(26)4)36(19-24-13-15-27(34)16-14-24)31(40)25-10-6-5-7-11-25/h5-18H,19H2,1-4H3,(H,35,39,42). The SMILES string of the molecule is Cc1cccc(N2C(=O)C(=Cc3cc(C)n(N(Cc4ccc(Br)cc4)C(=O)c4ccccc4)c3C)C(=O)NC2=S)c1C. The molecular formula is C33H29BrN4O3S. The second kappa shape index (κ2) is 11.9. The summed E-state index contributed by atoms with van der Waals surface area (Å²) in [5, 5.41) is 4.38. The van der Waals surface area contributed by atoms with Crippen molar-refractivity contribution in [2.45, 2.75) is 34.2 Å². The molecule has 1 N–H and O–H groups in total. The van der Waals surface area contributed by atoms with Crippen LogP contribution in [0.15, 0.2) is 88.9 Å². The first-order valence-corrected chi connectivity index (χ1v) is 14.5. The molecule has 1 fully saturated rings. The van der Waals surface area contributed by atoms with Gasteiger partial charge in [-0.2, -0.15) is 0 Å². The van der Waals surface area contributed by atoms with Crippen LogP contribution in [0.3, 0.4) is 0 Å². The van der Waals surface area contributed by atoms with Gasteiger partial charge in [-0.15, -0.1) is 0 Å². The van der Waals surface area contributed by atoms with Crippen molar-refractivity contribution in [3.8, 4) is 0 Å². The van der Waals surface area contributed by atoms with Crippen molar-refractivity contribution in [2.75, 3.05) is 9.91 Å². The molecule has 1 aliphatic rings. The van der Waals surface area contributed by atoms with E-state index in [-0.39, 0.29) is 16.6 Å². The molecule has 3 amide bonds. The summed E-state index contributed by atoms with van der Waals surface area (Å²) in [5.41, 5.74) is 6.07. The third-order valence-electron chi connectivity index (χ3n) is 7.39. The van der Waals surface area contributed by atoms with Gasteiger partial charge in [-0.3, -0.25) is 29.3 Å². The number of anilines is 1. The summed E-state index contributed by atoms with van der Waals surface area (Å²) < 4.78 is 2.78. The molecule has 0 spiro atoms. The van der Waals surface area contributed by atoms with Crippen molar-refractivity contribution in [1.29, 1.82) is 0 Å². The normalized spacial score (nSPS) is 14.4. The molecule has 0 bridgehead atoms. The van der Waals surface area contributed by atoms with Crippen LogP contribution in [-0.2, 0) is 16.1 Å². The van der Waals surface area contributed by atoms with Crippen LogP contribution in [0, 0.1) is 27.7 Å². The van der Waals surface area contributed by atoms with E-state index in [1.54, 1.807) is 23.2 Å². The van der Waals surface area contributed by atoms with Gasteiger partial charge in [0.1, 0.15) is 5.57 Å². The van der Waals surface area contributed by atoms with Gasteiger partial charge < -0.3 is 0 Å². The summed E-state index contributed by atoms with van der Waals surface area (Å²) in [4.78, 5) is 42.0. The molecule has 0 radical (unpaired) electrons. The molecule has 0 aliphatic carbocycles. The molecule has 4 aromatic rings. The van der Waals surface area contributed by atoms with Crippen LogP contribution in [0.4, 0.5) is 5.69 Å². The molecule has 212 valence electrons.